The van der Waals surface area contributed by atoms with Crippen molar-refractivity contribution in [3.8, 4) is 0 Å². The molecule has 5 heteroatoms. The lowest BCUT2D eigenvalue weighted by atomic mass is 9.88. The van der Waals surface area contributed by atoms with Crippen LogP contribution in [-0.2, 0) is 0 Å². The molecule has 1 aromatic rings. The molecule has 3 aliphatic rings. The van der Waals surface area contributed by atoms with Gasteiger partial charge < -0.3 is 20.4 Å². The van der Waals surface area contributed by atoms with Crippen molar-refractivity contribution in [1.82, 2.24) is 15.5 Å². The summed E-state index contributed by atoms with van der Waals surface area (Å²) in [6.45, 7) is 6.43. The molecule has 2 aliphatic heterocycles. The van der Waals surface area contributed by atoms with Crippen LogP contribution in [0.2, 0.25) is 0 Å². The van der Waals surface area contributed by atoms with Crippen LogP contribution in [0.4, 0.5) is 10.5 Å². The number of carbonyl (C=O) groups is 1. The molecule has 0 unspecified atom stereocenters. The van der Waals surface area contributed by atoms with Gasteiger partial charge in [0.15, 0.2) is 0 Å². The summed E-state index contributed by atoms with van der Waals surface area (Å²) < 4.78 is 0. The van der Waals surface area contributed by atoms with Gasteiger partial charge in [0, 0.05) is 51.0 Å². The lowest BCUT2D eigenvalue weighted by Crippen LogP contribution is -2.49. The monoisotopic (exact) mass is 398 g/mol. The molecule has 1 atom stereocenters. The van der Waals surface area contributed by atoms with Gasteiger partial charge in [-0.05, 0) is 56.1 Å². The molecule has 3 fully saturated rings. The van der Waals surface area contributed by atoms with E-state index in [0.29, 0.717) is 12.0 Å². The number of hydrogen-bond donors (Lipinski definition) is 2. The van der Waals surface area contributed by atoms with Crippen LogP contribution in [0, 0.1) is 11.8 Å². The van der Waals surface area contributed by atoms with Crippen LogP contribution in [0.15, 0.2) is 30.3 Å². The van der Waals surface area contributed by atoms with Gasteiger partial charge in [-0.1, -0.05) is 37.5 Å². The van der Waals surface area contributed by atoms with Crippen molar-refractivity contribution in [1.29, 1.82) is 0 Å². The Labute approximate surface area is 176 Å². The quantitative estimate of drug-likeness (QED) is 0.765. The second kappa shape index (κ2) is 10.3. The number of nitrogens with zero attached hydrogens (tertiary/aromatic N) is 2. The molecule has 1 saturated carbocycles. The van der Waals surface area contributed by atoms with Gasteiger partial charge in [0.1, 0.15) is 0 Å². The first-order valence-corrected chi connectivity index (χ1v) is 11.8. The van der Waals surface area contributed by atoms with Gasteiger partial charge in [0.2, 0.25) is 0 Å². The highest BCUT2D eigenvalue weighted by Crippen LogP contribution is 2.26. The van der Waals surface area contributed by atoms with Crippen molar-refractivity contribution in [2.24, 2.45) is 11.8 Å². The van der Waals surface area contributed by atoms with E-state index in [4.69, 9.17) is 0 Å². The molecule has 4 rings (SSSR count). The van der Waals surface area contributed by atoms with Crippen molar-refractivity contribution >= 4 is 11.7 Å². The second-order valence-corrected chi connectivity index (χ2v) is 9.37. The highest BCUT2D eigenvalue weighted by molar-refractivity contribution is 5.74. The summed E-state index contributed by atoms with van der Waals surface area (Å²) in [5.74, 6) is 1.46. The smallest absolute Gasteiger partial charge is 0.315 e. The SMILES string of the molecule is O=C(NC[C@@H]1CCN(c2ccccc2)C1)NC1CCN(CC2CCCCC2)CC1. The molecule has 2 amide bonds. The molecular weight excluding hydrogens is 360 g/mol. The van der Waals surface area contributed by atoms with Crippen LogP contribution < -0.4 is 15.5 Å². The van der Waals surface area contributed by atoms with E-state index in [1.807, 2.05) is 0 Å². The van der Waals surface area contributed by atoms with Crippen molar-refractivity contribution in [3.05, 3.63) is 30.3 Å². The van der Waals surface area contributed by atoms with E-state index in [9.17, 15) is 4.79 Å². The minimum absolute atomic E-state index is 0.0221. The third kappa shape index (κ3) is 6.11. The Bertz CT molecular complexity index is 623. The first kappa shape index (κ1) is 20.5. The number of para-hydroxylation sites is 1. The highest BCUT2D eigenvalue weighted by atomic mass is 16.2. The number of amides is 2. The van der Waals surface area contributed by atoms with Crippen LogP contribution in [0.25, 0.3) is 0 Å². The average Bonchev–Trinajstić information content (AvgIpc) is 3.24. The summed E-state index contributed by atoms with van der Waals surface area (Å²) in [5.41, 5.74) is 1.29. The topological polar surface area (TPSA) is 47.6 Å². The number of benzene rings is 1. The molecule has 29 heavy (non-hydrogen) atoms. The first-order valence-electron chi connectivity index (χ1n) is 11.8. The Kier molecular flexibility index (Phi) is 7.31. The van der Waals surface area contributed by atoms with Gasteiger partial charge >= 0.3 is 6.03 Å². The number of likely N-dealkylation sites (tertiary alicyclic amines) is 1. The Morgan fingerprint density at radius 3 is 2.41 bits per heavy atom. The third-order valence-electron chi connectivity index (χ3n) is 7.12. The van der Waals surface area contributed by atoms with Gasteiger partial charge in [-0.15, -0.1) is 0 Å². The number of carbonyl (C=O) groups excluding carboxylic acids is 1. The molecule has 0 aromatic heterocycles. The second-order valence-electron chi connectivity index (χ2n) is 9.37. The van der Waals surface area contributed by atoms with Gasteiger partial charge in [0.25, 0.3) is 0 Å². The van der Waals surface area contributed by atoms with E-state index in [0.717, 1.165) is 57.9 Å². The standard InChI is InChI=1S/C24H38N4O/c29-24(25-17-21-11-16-28(19-21)23-9-5-2-6-10-23)26-22-12-14-27(15-13-22)18-20-7-3-1-4-8-20/h2,5-6,9-10,20-22H,1,3-4,7-8,11-19H2,(H2,25,26,29)/t21-/m0/s1. The van der Waals surface area contributed by atoms with E-state index in [1.165, 1.54) is 44.3 Å². The average molecular weight is 399 g/mol. The number of urea groups is 1. The number of piperidine rings is 1. The number of rotatable bonds is 6. The lowest BCUT2D eigenvalue weighted by Gasteiger charge is -2.35. The van der Waals surface area contributed by atoms with E-state index in [-0.39, 0.29) is 6.03 Å². The van der Waals surface area contributed by atoms with Crippen LogP contribution in [-0.4, -0.2) is 56.2 Å². The molecule has 0 bridgehead atoms. The minimum atomic E-state index is 0.0221. The van der Waals surface area contributed by atoms with Gasteiger partial charge in [-0.2, -0.15) is 0 Å². The van der Waals surface area contributed by atoms with E-state index in [1.54, 1.807) is 0 Å². The Morgan fingerprint density at radius 1 is 0.897 bits per heavy atom. The molecule has 2 saturated heterocycles. The van der Waals surface area contributed by atoms with Crippen LogP contribution in [0.1, 0.15) is 51.4 Å². The zero-order valence-corrected chi connectivity index (χ0v) is 17.8. The molecule has 2 N–H and O–H groups in total. The van der Waals surface area contributed by atoms with Crippen molar-refractivity contribution in [2.45, 2.75) is 57.4 Å². The maximum atomic E-state index is 12.4. The fraction of sp³-hybridized carbons (Fsp3) is 0.708. The van der Waals surface area contributed by atoms with Crippen molar-refractivity contribution in [3.63, 3.8) is 0 Å². The fourth-order valence-electron chi connectivity index (χ4n) is 5.34. The van der Waals surface area contributed by atoms with E-state index < -0.39 is 0 Å². The van der Waals surface area contributed by atoms with E-state index >= 15 is 0 Å². The lowest BCUT2D eigenvalue weighted by molar-refractivity contribution is 0.155. The fourth-order valence-corrected chi connectivity index (χ4v) is 5.34. The maximum absolute atomic E-state index is 12.4. The molecular formula is C24H38N4O. The summed E-state index contributed by atoms with van der Waals surface area (Å²) in [5, 5.41) is 6.35. The molecule has 1 aromatic carbocycles. The molecule has 1 aliphatic carbocycles. The van der Waals surface area contributed by atoms with Gasteiger partial charge in [-0.25, -0.2) is 4.79 Å². The highest BCUT2D eigenvalue weighted by Gasteiger charge is 2.25. The number of anilines is 1. The normalized spacial score (nSPS) is 24.6. The van der Waals surface area contributed by atoms with Gasteiger partial charge in [0.05, 0.1) is 0 Å². The van der Waals surface area contributed by atoms with Crippen LogP contribution in [0.5, 0.6) is 0 Å². The van der Waals surface area contributed by atoms with Crippen molar-refractivity contribution in [2.75, 3.05) is 44.2 Å². The van der Waals surface area contributed by atoms with Crippen molar-refractivity contribution < 1.29 is 4.79 Å². The zero-order chi connectivity index (χ0) is 19.9. The predicted octanol–water partition coefficient (Wildman–Crippen LogP) is 3.86. The minimum Gasteiger partial charge on any atom is -0.371 e. The van der Waals surface area contributed by atoms with Gasteiger partial charge in [-0.3, -0.25) is 0 Å². The summed E-state index contributed by atoms with van der Waals surface area (Å²) >= 11 is 0. The molecule has 0 radical (unpaired) electrons. The van der Waals surface area contributed by atoms with Crippen LogP contribution in [0.3, 0.4) is 0 Å². The third-order valence-corrected chi connectivity index (χ3v) is 7.12. The largest absolute Gasteiger partial charge is 0.371 e. The Balaban J connectivity index is 1.10. The molecule has 5 nitrogen and oxygen atoms in total. The van der Waals surface area contributed by atoms with Crippen LogP contribution >= 0.6 is 0 Å². The summed E-state index contributed by atoms with van der Waals surface area (Å²) in [6.07, 6.45) is 10.4. The number of hydrogen-bond acceptors (Lipinski definition) is 3. The maximum Gasteiger partial charge on any atom is 0.315 e. The molecule has 2 heterocycles. The summed E-state index contributed by atoms with van der Waals surface area (Å²) in [4.78, 5) is 17.4. The summed E-state index contributed by atoms with van der Waals surface area (Å²) in [7, 11) is 0. The Hall–Kier alpha value is -1.75. The number of nitrogens with one attached hydrogen (secondary N) is 2. The van der Waals surface area contributed by atoms with E-state index in [2.05, 4.69) is 50.8 Å². The molecule has 0 spiro atoms. The summed E-state index contributed by atoms with van der Waals surface area (Å²) in [6, 6.07) is 10.9. The Morgan fingerprint density at radius 2 is 1.66 bits per heavy atom. The molecule has 160 valence electrons. The first-order chi connectivity index (χ1) is 14.3. The zero-order valence-electron chi connectivity index (χ0n) is 17.8. The predicted molar refractivity (Wildman–Crippen MR) is 119 cm³/mol.